The minimum atomic E-state index is -1.18. The number of hydrogen-bond acceptors (Lipinski definition) is 2. The Balaban J connectivity index is 2.11. The van der Waals surface area contributed by atoms with Crippen LogP contribution >= 0.6 is 0 Å². The van der Waals surface area contributed by atoms with Gasteiger partial charge in [0.05, 0.1) is 25.2 Å². The van der Waals surface area contributed by atoms with Crippen molar-refractivity contribution in [2.45, 2.75) is 38.0 Å². The zero-order valence-corrected chi connectivity index (χ0v) is 12.2. The van der Waals surface area contributed by atoms with Gasteiger partial charge in [0.25, 0.3) is 0 Å². The van der Waals surface area contributed by atoms with Crippen LogP contribution < -0.4 is 5.32 Å². The van der Waals surface area contributed by atoms with Gasteiger partial charge in [-0.1, -0.05) is 13.0 Å². The van der Waals surface area contributed by atoms with Gasteiger partial charge in [0.15, 0.2) is 0 Å². The molecule has 0 aromatic heterocycles. The summed E-state index contributed by atoms with van der Waals surface area (Å²) in [7, 11) is 0. The zero-order chi connectivity index (χ0) is 16.3. The summed E-state index contributed by atoms with van der Waals surface area (Å²) >= 11 is 0. The molecular weight excluding hydrogens is 297 g/mol. The highest BCUT2D eigenvalue weighted by molar-refractivity contribution is 5.75. The Morgan fingerprint density at radius 1 is 1.50 bits per heavy atom. The molecule has 4 nitrogen and oxygen atoms in total. The van der Waals surface area contributed by atoms with Gasteiger partial charge in [0, 0.05) is 18.1 Å². The quantitative estimate of drug-likeness (QED) is 0.897. The summed E-state index contributed by atoms with van der Waals surface area (Å²) in [6, 6.07) is 1.38. The molecule has 22 heavy (non-hydrogen) atoms. The molecule has 3 unspecified atom stereocenters. The zero-order valence-electron chi connectivity index (χ0n) is 12.2. The topological polar surface area (TPSA) is 52.6 Å². The van der Waals surface area contributed by atoms with E-state index in [9.17, 15) is 23.1 Å². The third-order valence-electron chi connectivity index (χ3n) is 3.88. The van der Waals surface area contributed by atoms with Gasteiger partial charge in [-0.25, -0.2) is 18.0 Å². The maximum atomic E-state index is 13.8. The number of amides is 2. The van der Waals surface area contributed by atoms with Crippen LogP contribution in [0.5, 0.6) is 0 Å². The van der Waals surface area contributed by atoms with Crippen molar-refractivity contribution in [3.8, 4) is 0 Å². The first-order chi connectivity index (χ1) is 10.5. The van der Waals surface area contributed by atoms with Gasteiger partial charge in [0.1, 0.15) is 17.8 Å². The van der Waals surface area contributed by atoms with E-state index in [4.69, 9.17) is 0 Å². The molecule has 0 spiro atoms. The van der Waals surface area contributed by atoms with E-state index in [0.717, 1.165) is 12.1 Å². The minimum Gasteiger partial charge on any atom is -0.394 e. The Kier molecular flexibility index (Phi) is 5.28. The fourth-order valence-electron chi connectivity index (χ4n) is 2.70. The summed E-state index contributed by atoms with van der Waals surface area (Å²) < 4.78 is 40.2. The first-order valence-corrected chi connectivity index (χ1v) is 7.23. The molecule has 0 aliphatic carbocycles. The maximum absolute atomic E-state index is 13.8. The van der Waals surface area contributed by atoms with Crippen molar-refractivity contribution in [2.24, 2.45) is 0 Å². The van der Waals surface area contributed by atoms with Gasteiger partial charge < -0.3 is 15.3 Å². The monoisotopic (exact) mass is 316 g/mol. The number of nitrogens with zero attached hydrogens (tertiary/aromatic N) is 1. The van der Waals surface area contributed by atoms with Gasteiger partial charge in [-0.15, -0.1) is 0 Å². The summed E-state index contributed by atoms with van der Waals surface area (Å²) in [5, 5.41) is 11.8. The summed E-state index contributed by atoms with van der Waals surface area (Å²) in [5.74, 6) is -1.43. The number of rotatable bonds is 4. The molecule has 2 N–H and O–H groups in total. The highest BCUT2D eigenvalue weighted by Crippen LogP contribution is 2.24. The SMILES string of the molecule is CCC(NC(=O)N1CC(F)CC1CO)c1ccc(F)cc1F. The molecule has 1 aliphatic rings. The van der Waals surface area contributed by atoms with Crippen LogP contribution in [0.1, 0.15) is 31.4 Å². The molecule has 122 valence electrons. The number of alkyl halides is 1. The molecule has 1 heterocycles. The molecular formula is C15H19F3N2O2. The Hall–Kier alpha value is -1.76. The highest BCUT2D eigenvalue weighted by atomic mass is 19.1. The van der Waals surface area contributed by atoms with Gasteiger partial charge >= 0.3 is 6.03 Å². The Morgan fingerprint density at radius 2 is 2.23 bits per heavy atom. The van der Waals surface area contributed by atoms with Gasteiger partial charge in [-0.2, -0.15) is 0 Å². The molecule has 2 amide bonds. The third kappa shape index (κ3) is 3.52. The van der Waals surface area contributed by atoms with E-state index in [1.54, 1.807) is 6.92 Å². The smallest absolute Gasteiger partial charge is 0.318 e. The fourth-order valence-corrected chi connectivity index (χ4v) is 2.70. The van der Waals surface area contributed by atoms with E-state index >= 15 is 0 Å². The first-order valence-electron chi connectivity index (χ1n) is 7.23. The number of hydrogen-bond donors (Lipinski definition) is 2. The predicted octanol–water partition coefficient (Wildman–Crippen LogP) is 2.53. The van der Waals surface area contributed by atoms with Crippen molar-refractivity contribution in [2.75, 3.05) is 13.2 Å². The molecule has 1 aromatic carbocycles. The van der Waals surface area contributed by atoms with Gasteiger partial charge in [-0.3, -0.25) is 0 Å². The van der Waals surface area contributed by atoms with Crippen molar-refractivity contribution in [3.63, 3.8) is 0 Å². The van der Waals surface area contributed by atoms with Gasteiger partial charge in [-0.05, 0) is 12.5 Å². The van der Waals surface area contributed by atoms with Crippen molar-refractivity contribution < 1.29 is 23.1 Å². The van der Waals surface area contributed by atoms with E-state index < -0.39 is 35.9 Å². The second kappa shape index (κ2) is 7.00. The summed E-state index contributed by atoms with van der Waals surface area (Å²) in [4.78, 5) is 13.4. The first kappa shape index (κ1) is 16.6. The average Bonchev–Trinajstić information content (AvgIpc) is 2.86. The molecule has 3 atom stereocenters. The van der Waals surface area contributed by atoms with Gasteiger partial charge in [0.2, 0.25) is 0 Å². The molecule has 0 bridgehead atoms. The fraction of sp³-hybridized carbons (Fsp3) is 0.533. The van der Waals surface area contributed by atoms with Crippen molar-refractivity contribution in [1.29, 1.82) is 0 Å². The second-order valence-electron chi connectivity index (χ2n) is 5.40. The number of benzene rings is 1. The Bertz CT molecular complexity index is 542. The van der Waals surface area contributed by atoms with E-state index in [2.05, 4.69) is 5.32 Å². The van der Waals surface area contributed by atoms with Crippen LogP contribution in [0.25, 0.3) is 0 Å². The minimum absolute atomic E-state index is 0.0889. The molecule has 7 heteroatoms. The molecule has 1 fully saturated rings. The molecule has 2 rings (SSSR count). The van der Waals surface area contributed by atoms with Crippen molar-refractivity contribution in [3.05, 3.63) is 35.4 Å². The van der Waals surface area contributed by atoms with Crippen molar-refractivity contribution >= 4 is 6.03 Å². The number of likely N-dealkylation sites (tertiary alicyclic amines) is 1. The second-order valence-corrected chi connectivity index (χ2v) is 5.40. The van der Waals surface area contributed by atoms with E-state index in [-0.39, 0.29) is 25.1 Å². The van der Waals surface area contributed by atoms with E-state index in [0.29, 0.717) is 6.42 Å². The van der Waals surface area contributed by atoms with Crippen molar-refractivity contribution in [1.82, 2.24) is 10.2 Å². The number of aliphatic hydroxyl groups excluding tert-OH is 1. The Morgan fingerprint density at radius 3 is 2.82 bits per heavy atom. The lowest BCUT2D eigenvalue weighted by Gasteiger charge is -2.26. The number of halogens is 3. The standard InChI is InChI=1S/C15H19F3N2O2/c1-2-14(12-4-3-9(16)6-13(12)18)19-15(22)20-7-10(17)5-11(20)8-21/h3-4,6,10-11,14,21H,2,5,7-8H2,1H3,(H,19,22). The molecule has 0 radical (unpaired) electrons. The number of nitrogens with one attached hydrogen (secondary N) is 1. The maximum Gasteiger partial charge on any atom is 0.318 e. The van der Waals surface area contributed by atoms with E-state index in [1.165, 1.54) is 11.0 Å². The molecule has 1 saturated heterocycles. The van der Waals surface area contributed by atoms with Crippen LogP contribution in [-0.2, 0) is 0 Å². The largest absolute Gasteiger partial charge is 0.394 e. The third-order valence-corrected chi connectivity index (χ3v) is 3.88. The molecule has 1 aromatic rings. The van der Waals surface area contributed by atoms with Crippen LogP contribution in [0, 0.1) is 11.6 Å². The van der Waals surface area contributed by atoms with Crippen LogP contribution in [-0.4, -0.2) is 41.4 Å². The summed E-state index contributed by atoms with van der Waals surface area (Å²) in [6.45, 7) is 1.33. The lowest BCUT2D eigenvalue weighted by atomic mass is 10.0. The van der Waals surface area contributed by atoms with E-state index in [1.807, 2.05) is 0 Å². The Labute approximate surface area is 126 Å². The highest BCUT2D eigenvalue weighted by Gasteiger charge is 2.35. The number of carbonyl (C=O) groups excluding carboxylic acids is 1. The van der Waals surface area contributed by atoms with Crippen LogP contribution in [0.4, 0.5) is 18.0 Å². The number of aliphatic hydroxyl groups is 1. The summed E-state index contributed by atoms with van der Waals surface area (Å²) in [5.41, 5.74) is 0.175. The average molecular weight is 316 g/mol. The van der Waals surface area contributed by atoms with Crippen LogP contribution in [0.15, 0.2) is 18.2 Å². The van der Waals surface area contributed by atoms with Crippen LogP contribution in [0.2, 0.25) is 0 Å². The predicted molar refractivity (Wildman–Crippen MR) is 75.0 cm³/mol. The normalized spacial score (nSPS) is 22.7. The lowest BCUT2D eigenvalue weighted by molar-refractivity contribution is 0.154. The molecule has 1 aliphatic heterocycles. The van der Waals surface area contributed by atoms with Crippen LogP contribution in [0.3, 0.4) is 0 Å². The summed E-state index contributed by atoms with van der Waals surface area (Å²) in [6.07, 6.45) is -0.693. The lowest BCUT2D eigenvalue weighted by Crippen LogP contribution is -2.45. The number of urea groups is 1. The molecule has 0 saturated carbocycles. The number of carbonyl (C=O) groups is 1.